The Morgan fingerprint density at radius 2 is 2.21 bits per heavy atom. The van der Waals surface area contributed by atoms with Crippen LogP contribution in [0, 0.1) is 12.7 Å². The molecule has 3 nitrogen and oxygen atoms in total. The van der Waals surface area contributed by atoms with E-state index in [2.05, 4.69) is 0 Å². The molecular formula is C10H14FNO2. The van der Waals surface area contributed by atoms with Crippen LogP contribution in [0.4, 0.5) is 4.39 Å². The highest BCUT2D eigenvalue weighted by Gasteiger charge is 2.15. The normalized spacial score (nSPS) is 12.6. The van der Waals surface area contributed by atoms with Gasteiger partial charge in [0.05, 0.1) is 19.8 Å². The molecule has 4 heteroatoms. The number of aliphatic hydroxyl groups excluding tert-OH is 1. The Kier molecular flexibility index (Phi) is 3.43. The molecule has 0 aliphatic heterocycles. The minimum atomic E-state index is -0.538. The predicted octanol–water partition coefficient (Wildman–Crippen LogP) is 1.13. The Morgan fingerprint density at radius 3 is 2.71 bits per heavy atom. The number of halogens is 1. The molecule has 3 N–H and O–H groups in total. The van der Waals surface area contributed by atoms with E-state index in [4.69, 9.17) is 15.6 Å². The third kappa shape index (κ3) is 1.86. The van der Waals surface area contributed by atoms with Crippen molar-refractivity contribution >= 4 is 0 Å². The molecule has 1 aromatic carbocycles. The molecule has 0 aliphatic carbocycles. The van der Waals surface area contributed by atoms with Crippen molar-refractivity contribution < 1.29 is 14.2 Å². The van der Waals surface area contributed by atoms with Crippen molar-refractivity contribution in [3.05, 3.63) is 29.1 Å². The van der Waals surface area contributed by atoms with E-state index in [9.17, 15) is 4.39 Å². The Hall–Kier alpha value is -1.13. The minimum absolute atomic E-state index is 0.193. The third-order valence-corrected chi connectivity index (χ3v) is 2.17. The lowest BCUT2D eigenvalue weighted by Crippen LogP contribution is -2.16. The van der Waals surface area contributed by atoms with Crippen LogP contribution in [0.15, 0.2) is 12.1 Å². The van der Waals surface area contributed by atoms with Crippen LogP contribution in [0.5, 0.6) is 5.75 Å². The SMILES string of the molecule is COc1c(C(N)CO)ccc(F)c1C. The molecule has 14 heavy (non-hydrogen) atoms. The fourth-order valence-corrected chi connectivity index (χ4v) is 1.35. The highest BCUT2D eigenvalue weighted by Crippen LogP contribution is 2.29. The van der Waals surface area contributed by atoms with Gasteiger partial charge < -0.3 is 15.6 Å². The zero-order valence-electron chi connectivity index (χ0n) is 8.25. The Bertz CT molecular complexity index is 328. The van der Waals surface area contributed by atoms with Gasteiger partial charge in [-0.15, -0.1) is 0 Å². The lowest BCUT2D eigenvalue weighted by atomic mass is 10.0. The van der Waals surface area contributed by atoms with Crippen molar-refractivity contribution in [2.45, 2.75) is 13.0 Å². The fourth-order valence-electron chi connectivity index (χ4n) is 1.35. The maximum Gasteiger partial charge on any atom is 0.129 e. The van der Waals surface area contributed by atoms with E-state index in [1.165, 1.54) is 19.2 Å². The molecular weight excluding hydrogens is 185 g/mol. The first-order chi connectivity index (χ1) is 6.61. The van der Waals surface area contributed by atoms with Crippen molar-refractivity contribution in [1.29, 1.82) is 0 Å². The summed E-state index contributed by atoms with van der Waals surface area (Å²) >= 11 is 0. The summed E-state index contributed by atoms with van der Waals surface area (Å²) in [4.78, 5) is 0. The average Bonchev–Trinajstić information content (AvgIpc) is 2.20. The summed E-state index contributed by atoms with van der Waals surface area (Å²) < 4.78 is 18.2. The molecule has 78 valence electrons. The van der Waals surface area contributed by atoms with Crippen LogP contribution in [-0.2, 0) is 0 Å². The topological polar surface area (TPSA) is 55.5 Å². The van der Waals surface area contributed by atoms with Gasteiger partial charge in [-0.1, -0.05) is 6.07 Å². The highest BCUT2D eigenvalue weighted by molar-refractivity contribution is 5.43. The first-order valence-electron chi connectivity index (χ1n) is 4.31. The molecule has 1 aromatic rings. The molecule has 0 amide bonds. The standard InChI is InChI=1S/C10H14FNO2/c1-6-8(11)4-3-7(9(12)5-13)10(6)14-2/h3-4,9,13H,5,12H2,1-2H3. The van der Waals surface area contributed by atoms with Crippen LogP contribution >= 0.6 is 0 Å². The summed E-state index contributed by atoms with van der Waals surface area (Å²) in [6, 6.07) is 2.31. The van der Waals surface area contributed by atoms with Crippen LogP contribution < -0.4 is 10.5 Å². The largest absolute Gasteiger partial charge is 0.496 e. The van der Waals surface area contributed by atoms with Crippen LogP contribution in [0.1, 0.15) is 17.2 Å². The van der Waals surface area contributed by atoms with Gasteiger partial charge in [0.2, 0.25) is 0 Å². The predicted molar refractivity (Wildman–Crippen MR) is 51.7 cm³/mol. The first-order valence-corrected chi connectivity index (χ1v) is 4.31. The number of nitrogens with two attached hydrogens (primary N) is 1. The maximum atomic E-state index is 13.1. The van der Waals surface area contributed by atoms with Crippen LogP contribution in [-0.4, -0.2) is 18.8 Å². The zero-order chi connectivity index (χ0) is 10.7. The van der Waals surface area contributed by atoms with E-state index < -0.39 is 6.04 Å². The number of aliphatic hydroxyl groups is 1. The number of hydrogen-bond acceptors (Lipinski definition) is 3. The van der Waals surface area contributed by atoms with Crippen molar-refractivity contribution in [1.82, 2.24) is 0 Å². The molecule has 1 rings (SSSR count). The second-order valence-corrected chi connectivity index (χ2v) is 3.08. The smallest absolute Gasteiger partial charge is 0.129 e. The Balaban J connectivity index is 3.23. The fraction of sp³-hybridized carbons (Fsp3) is 0.400. The Morgan fingerprint density at radius 1 is 1.57 bits per heavy atom. The molecule has 0 fully saturated rings. The van der Waals surface area contributed by atoms with Crippen LogP contribution in [0.3, 0.4) is 0 Å². The summed E-state index contributed by atoms with van der Waals surface area (Å²) in [5.41, 5.74) is 6.67. The first kappa shape index (κ1) is 10.9. The summed E-state index contributed by atoms with van der Waals surface area (Å²) in [7, 11) is 1.45. The number of hydrogen-bond donors (Lipinski definition) is 2. The second kappa shape index (κ2) is 4.39. The van der Waals surface area contributed by atoms with E-state index in [1.54, 1.807) is 6.92 Å². The van der Waals surface area contributed by atoms with Crippen LogP contribution in [0.2, 0.25) is 0 Å². The monoisotopic (exact) mass is 199 g/mol. The van der Waals surface area contributed by atoms with E-state index in [0.29, 0.717) is 16.9 Å². The lowest BCUT2D eigenvalue weighted by Gasteiger charge is -2.15. The second-order valence-electron chi connectivity index (χ2n) is 3.08. The number of ether oxygens (including phenoxy) is 1. The van der Waals surface area contributed by atoms with Gasteiger partial charge in [0, 0.05) is 11.1 Å². The van der Waals surface area contributed by atoms with Gasteiger partial charge in [-0.3, -0.25) is 0 Å². The van der Waals surface area contributed by atoms with Gasteiger partial charge >= 0.3 is 0 Å². The number of methoxy groups -OCH3 is 1. The summed E-state index contributed by atoms with van der Waals surface area (Å²) in [6.07, 6.45) is 0. The van der Waals surface area contributed by atoms with Crippen molar-refractivity contribution in [2.75, 3.05) is 13.7 Å². The summed E-state index contributed by atoms with van der Waals surface area (Å²) in [6.45, 7) is 1.42. The average molecular weight is 199 g/mol. The number of benzene rings is 1. The molecule has 0 saturated carbocycles. The zero-order valence-corrected chi connectivity index (χ0v) is 8.25. The van der Waals surface area contributed by atoms with E-state index in [-0.39, 0.29) is 12.4 Å². The van der Waals surface area contributed by atoms with E-state index in [0.717, 1.165) is 0 Å². The molecule has 0 aromatic heterocycles. The van der Waals surface area contributed by atoms with Gasteiger partial charge in [0.15, 0.2) is 0 Å². The van der Waals surface area contributed by atoms with Gasteiger partial charge in [-0.05, 0) is 13.0 Å². The highest BCUT2D eigenvalue weighted by atomic mass is 19.1. The van der Waals surface area contributed by atoms with E-state index >= 15 is 0 Å². The summed E-state index contributed by atoms with van der Waals surface area (Å²) in [5.74, 6) is 0.0716. The maximum absolute atomic E-state index is 13.1. The quantitative estimate of drug-likeness (QED) is 0.767. The van der Waals surface area contributed by atoms with Gasteiger partial charge in [0.1, 0.15) is 11.6 Å². The van der Waals surface area contributed by atoms with E-state index in [1.807, 2.05) is 0 Å². The number of rotatable bonds is 3. The minimum Gasteiger partial charge on any atom is -0.496 e. The molecule has 0 bridgehead atoms. The van der Waals surface area contributed by atoms with Crippen molar-refractivity contribution in [2.24, 2.45) is 5.73 Å². The van der Waals surface area contributed by atoms with Gasteiger partial charge in [0.25, 0.3) is 0 Å². The molecule has 1 atom stereocenters. The van der Waals surface area contributed by atoms with Crippen molar-refractivity contribution in [3.63, 3.8) is 0 Å². The lowest BCUT2D eigenvalue weighted by molar-refractivity contribution is 0.264. The van der Waals surface area contributed by atoms with Gasteiger partial charge in [-0.25, -0.2) is 4.39 Å². The molecule has 0 radical (unpaired) electrons. The van der Waals surface area contributed by atoms with Crippen LogP contribution in [0.25, 0.3) is 0 Å². The third-order valence-electron chi connectivity index (χ3n) is 2.17. The Labute approximate surface area is 82.3 Å². The molecule has 0 heterocycles. The molecule has 0 aliphatic rings. The molecule has 1 unspecified atom stereocenters. The molecule has 0 saturated heterocycles. The van der Waals surface area contributed by atoms with Crippen molar-refractivity contribution in [3.8, 4) is 5.75 Å². The summed E-state index contributed by atoms with van der Waals surface area (Å²) in [5, 5.41) is 8.89. The van der Waals surface area contributed by atoms with Gasteiger partial charge in [-0.2, -0.15) is 0 Å². The molecule has 0 spiro atoms.